The summed E-state index contributed by atoms with van der Waals surface area (Å²) in [6.07, 6.45) is 5.74. The van der Waals surface area contributed by atoms with Gasteiger partial charge in [0.1, 0.15) is 17.2 Å². The van der Waals surface area contributed by atoms with E-state index in [1.807, 2.05) is 18.2 Å². The number of H-pyrrole nitrogens is 1. The highest BCUT2D eigenvalue weighted by Gasteiger charge is 2.30. The van der Waals surface area contributed by atoms with Crippen LogP contribution in [0.15, 0.2) is 42.6 Å². The van der Waals surface area contributed by atoms with Gasteiger partial charge in [-0.15, -0.1) is 0 Å². The molecule has 1 unspecified atom stereocenters. The van der Waals surface area contributed by atoms with Crippen LogP contribution in [0.25, 0.3) is 27.7 Å². The smallest absolute Gasteiger partial charge is 0.216 e. The van der Waals surface area contributed by atoms with Crippen LogP contribution in [0.1, 0.15) is 25.0 Å². The van der Waals surface area contributed by atoms with Crippen LogP contribution >= 0.6 is 0 Å². The lowest BCUT2D eigenvalue weighted by molar-refractivity contribution is 0.126. The molecule has 33 heavy (non-hydrogen) atoms. The molecule has 4 heterocycles. The van der Waals surface area contributed by atoms with Crippen LogP contribution in [-0.4, -0.2) is 61.4 Å². The fourth-order valence-corrected chi connectivity index (χ4v) is 6.20. The maximum Gasteiger partial charge on any atom is 0.216 e. The van der Waals surface area contributed by atoms with Crippen molar-refractivity contribution in [1.29, 1.82) is 0 Å². The Hall–Kier alpha value is -2.75. The van der Waals surface area contributed by atoms with Crippen molar-refractivity contribution in [3.05, 3.63) is 54.1 Å². The van der Waals surface area contributed by atoms with E-state index in [4.69, 9.17) is 9.47 Å². The summed E-state index contributed by atoms with van der Waals surface area (Å²) in [7, 11) is -1.80. The highest BCUT2D eigenvalue weighted by Crippen LogP contribution is 2.36. The zero-order chi connectivity index (χ0) is 23.0. The third-order valence-corrected chi connectivity index (χ3v) is 8.23. The minimum atomic E-state index is -3.36. The van der Waals surface area contributed by atoms with Gasteiger partial charge in [0.2, 0.25) is 10.0 Å². The van der Waals surface area contributed by atoms with E-state index in [0.29, 0.717) is 43.1 Å². The van der Waals surface area contributed by atoms with Crippen molar-refractivity contribution < 1.29 is 22.3 Å². The van der Waals surface area contributed by atoms with Gasteiger partial charge in [-0.05, 0) is 60.7 Å². The third-order valence-electron chi connectivity index (χ3n) is 6.32. The topological polar surface area (TPSA) is 84.5 Å². The van der Waals surface area contributed by atoms with Gasteiger partial charge < -0.3 is 14.5 Å². The molecule has 3 aromatic rings. The predicted molar refractivity (Wildman–Crippen MR) is 125 cm³/mol. The number of aromatic amines is 1. The van der Waals surface area contributed by atoms with E-state index in [1.54, 1.807) is 19.4 Å². The number of sulfonamides is 1. The van der Waals surface area contributed by atoms with Crippen LogP contribution < -0.4 is 4.74 Å². The minimum Gasteiger partial charge on any atom is -0.496 e. The SMILES string of the molecule is COc1ccc(F)cc1-c1ccnc2[nH]c(C3=CCN(S(=O)(=O)CC4CCCO4)CC3)cc12. The molecule has 2 aromatic heterocycles. The highest BCUT2D eigenvalue weighted by atomic mass is 32.2. The van der Waals surface area contributed by atoms with Crippen molar-refractivity contribution >= 4 is 26.6 Å². The second-order valence-corrected chi connectivity index (χ2v) is 10.4. The Morgan fingerprint density at radius 1 is 1.27 bits per heavy atom. The molecule has 9 heteroatoms. The van der Waals surface area contributed by atoms with Crippen LogP contribution in [0.4, 0.5) is 4.39 Å². The second-order valence-electron chi connectivity index (χ2n) is 8.40. The molecule has 0 radical (unpaired) electrons. The van der Waals surface area contributed by atoms with E-state index in [9.17, 15) is 12.8 Å². The van der Waals surface area contributed by atoms with Crippen molar-refractivity contribution in [1.82, 2.24) is 14.3 Å². The van der Waals surface area contributed by atoms with Crippen LogP contribution in [0.3, 0.4) is 0 Å². The van der Waals surface area contributed by atoms with Crippen LogP contribution in [0, 0.1) is 5.82 Å². The summed E-state index contributed by atoms with van der Waals surface area (Å²) in [5.74, 6) is 0.284. The number of halogens is 1. The number of aromatic nitrogens is 2. The van der Waals surface area contributed by atoms with E-state index in [0.717, 1.165) is 35.1 Å². The van der Waals surface area contributed by atoms with E-state index in [1.165, 1.54) is 16.4 Å². The van der Waals surface area contributed by atoms with Gasteiger partial charge in [0.05, 0.1) is 19.0 Å². The molecule has 1 fully saturated rings. The van der Waals surface area contributed by atoms with Gasteiger partial charge in [0.25, 0.3) is 0 Å². The molecule has 0 spiro atoms. The Morgan fingerprint density at radius 2 is 2.15 bits per heavy atom. The Morgan fingerprint density at radius 3 is 2.88 bits per heavy atom. The fourth-order valence-electron chi connectivity index (χ4n) is 4.59. The molecule has 0 bridgehead atoms. The minimum absolute atomic E-state index is 0.0469. The molecular formula is C24H26FN3O4S. The maximum absolute atomic E-state index is 14.0. The monoisotopic (exact) mass is 471 g/mol. The van der Waals surface area contributed by atoms with Gasteiger partial charge >= 0.3 is 0 Å². The van der Waals surface area contributed by atoms with Crippen molar-refractivity contribution in [2.45, 2.75) is 25.4 Å². The lowest BCUT2D eigenvalue weighted by Gasteiger charge is -2.26. The normalized spacial score (nSPS) is 19.7. The number of methoxy groups -OCH3 is 1. The number of fused-ring (bicyclic) bond motifs is 1. The molecule has 2 aliphatic rings. The fraction of sp³-hybridized carbons (Fsp3) is 0.375. The zero-order valence-corrected chi connectivity index (χ0v) is 19.2. The van der Waals surface area contributed by atoms with Crippen molar-refractivity contribution in [3.8, 4) is 16.9 Å². The Bertz CT molecular complexity index is 1310. The van der Waals surface area contributed by atoms with Gasteiger partial charge in [-0.25, -0.2) is 17.8 Å². The Balaban J connectivity index is 1.42. The average molecular weight is 472 g/mol. The standard InChI is InChI=1S/C24H26FN3O4S/c1-31-23-5-4-17(25)13-20(23)19-6-9-26-24-21(19)14-22(27-24)16-7-10-28(11-8-16)33(29,30)15-18-3-2-12-32-18/h4-7,9,13-14,18H,2-3,8,10-12,15H2,1H3,(H,26,27). The number of rotatable bonds is 6. The molecule has 174 valence electrons. The number of ether oxygens (including phenoxy) is 2. The van der Waals surface area contributed by atoms with Gasteiger partial charge in [0, 0.05) is 42.5 Å². The first kappa shape index (κ1) is 22.1. The molecule has 7 nitrogen and oxygen atoms in total. The molecular weight excluding hydrogens is 445 g/mol. The summed E-state index contributed by atoms with van der Waals surface area (Å²) >= 11 is 0. The van der Waals surface area contributed by atoms with E-state index in [-0.39, 0.29) is 17.7 Å². The highest BCUT2D eigenvalue weighted by molar-refractivity contribution is 7.89. The largest absolute Gasteiger partial charge is 0.496 e. The molecule has 0 amide bonds. The van der Waals surface area contributed by atoms with Gasteiger partial charge in [-0.2, -0.15) is 4.31 Å². The summed E-state index contributed by atoms with van der Waals surface area (Å²) in [5, 5.41) is 0.853. The molecule has 0 saturated carbocycles. The summed E-state index contributed by atoms with van der Waals surface area (Å²) < 4.78 is 52.0. The van der Waals surface area contributed by atoms with Crippen LogP contribution in [0.2, 0.25) is 0 Å². The third kappa shape index (κ3) is 4.40. The quantitative estimate of drug-likeness (QED) is 0.588. The molecule has 0 aliphatic carbocycles. The van der Waals surface area contributed by atoms with Gasteiger partial charge in [-0.3, -0.25) is 0 Å². The molecule has 2 aliphatic heterocycles. The van der Waals surface area contributed by atoms with Gasteiger partial charge in [0.15, 0.2) is 0 Å². The first-order chi connectivity index (χ1) is 15.9. The first-order valence-electron chi connectivity index (χ1n) is 11.0. The van der Waals surface area contributed by atoms with Crippen molar-refractivity contribution in [2.24, 2.45) is 0 Å². The molecule has 1 atom stereocenters. The zero-order valence-electron chi connectivity index (χ0n) is 18.4. The summed E-state index contributed by atoms with van der Waals surface area (Å²) in [4.78, 5) is 7.77. The number of hydrogen-bond donors (Lipinski definition) is 1. The number of pyridine rings is 1. The molecule has 1 saturated heterocycles. The number of benzene rings is 1. The Kier molecular flexibility index (Phi) is 5.94. The van der Waals surface area contributed by atoms with Crippen molar-refractivity contribution in [2.75, 3.05) is 32.6 Å². The van der Waals surface area contributed by atoms with E-state index < -0.39 is 10.0 Å². The lowest BCUT2D eigenvalue weighted by Crippen LogP contribution is -2.39. The van der Waals surface area contributed by atoms with E-state index in [2.05, 4.69) is 9.97 Å². The molecule has 5 rings (SSSR count). The predicted octanol–water partition coefficient (Wildman–Crippen LogP) is 3.98. The van der Waals surface area contributed by atoms with Crippen molar-refractivity contribution in [3.63, 3.8) is 0 Å². The maximum atomic E-state index is 14.0. The first-order valence-corrected chi connectivity index (χ1v) is 12.7. The summed E-state index contributed by atoms with van der Waals surface area (Å²) in [6.45, 7) is 1.40. The van der Waals surface area contributed by atoms with Gasteiger partial charge in [-0.1, -0.05) is 6.08 Å². The summed E-state index contributed by atoms with van der Waals surface area (Å²) in [5.41, 5.74) is 4.07. The molecule has 1 N–H and O–H groups in total. The lowest BCUT2D eigenvalue weighted by atomic mass is 10.0. The molecule has 1 aromatic carbocycles. The summed E-state index contributed by atoms with van der Waals surface area (Å²) in [6, 6.07) is 8.27. The van der Waals surface area contributed by atoms with Crippen LogP contribution in [0.5, 0.6) is 5.75 Å². The second kappa shape index (κ2) is 8.89. The number of nitrogens with one attached hydrogen (secondary N) is 1. The van der Waals surface area contributed by atoms with Crippen LogP contribution in [-0.2, 0) is 14.8 Å². The number of hydrogen-bond acceptors (Lipinski definition) is 5. The van der Waals surface area contributed by atoms with E-state index >= 15 is 0 Å². The average Bonchev–Trinajstić information content (AvgIpc) is 3.48. The number of nitrogens with zero attached hydrogens (tertiary/aromatic N) is 2. The Labute approximate surface area is 192 Å².